The molecule has 0 N–H and O–H groups in total. The Kier molecular flexibility index (Phi) is 7.35. The Bertz CT molecular complexity index is 2400. The van der Waals surface area contributed by atoms with E-state index in [-0.39, 0.29) is 5.41 Å². The smallest absolute Gasteiger partial charge is 0.166 e. The summed E-state index contributed by atoms with van der Waals surface area (Å²) in [6, 6.07) is 44.3. The molecule has 4 atom stereocenters. The van der Waals surface area contributed by atoms with Gasteiger partial charge in [0.2, 0.25) is 0 Å². The van der Waals surface area contributed by atoms with E-state index in [0.29, 0.717) is 23.0 Å². The zero-order valence-electron chi connectivity index (χ0n) is 28.6. The molecule has 0 saturated heterocycles. The van der Waals surface area contributed by atoms with Crippen molar-refractivity contribution in [3.05, 3.63) is 132 Å². The monoisotopic (exact) mass is 649 g/mol. The van der Waals surface area contributed by atoms with E-state index in [0.717, 1.165) is 45.6 Å². The number of hydrogen-bond acceptors (Lipinski definition) is 4. The van der Waals surface area contributed by atoms with Crippen molar-refractivity contribution in [1.82, 2.24) is 19.5 Å². The molecule has 2 aromatic heterocycles. The molecule has 0 amide bonds. The molecule has 7 aromatic rings. The normalized spacial score (nSPS) is 21.7. The number of para-hydroxylation sites is 2. The Labute approximate surface area is 293 Å². The fraction of sp³-hybridized carbons (Fsp3) is 0.244. The summed E-state index contributed by atoms with van der Waals surface area (Å²) in [6.45, 7) is 4.93. The van der Waals surface area contributed by atoms with Crippen molar-refractivity contribution in [2.24, 2.45) is 17.8 Å². The van der Waals surface area contributed by atoms with E-state index in [1.54, 1.807) is 6.07 Å². The van der Waals surface area contributed by atoms with Gasteiger partial charge in [0, 0.05) is 33.2 Å². The molecule has 9 rings (SSSR count). The summed E-state index contributed by atoms with van der Waals surface area (Å²) >= 11 is 0. The molecule has 0 radical (unpaired) electrons. The lowest BCUT2D eigenvalue weighted by Crippen LogP contribution is -2.42. The molecule has 2 fully saturated rings. The highest BCUT2D eigenvalue weighted by atomic mass is 15.0. The van der Waals surface area contributed by atoms with Gasteiger partial charge in [-0.25, -0.2) is 15.0 Å². The maximum absolute atomic E-state index is 9.67. The Morgan fingerprint density at radius 3 is 2.04 bits per heavy atom. The molecule has 5 aromatic carbocycles. The molecule has 0 aliphatic heterocycles. The van der Waals surface area contributed by atoms with Crippen LogP contribution in [0.25, 0.3) is 61.7 Å². The van der Waals surface area contributed by atoms with Crippen LogP contribution in [0.2, 0.25) is 0 Å². The van der Waals surface area contributed by atoms with Crippen LogP contribution < -0.4 is 0 Å². The van der Waals surface area contributed by atoms with E-state index in [1.807, 2.05) is 48.5 Å². The van der Waals surface area contributed by atoms with Crippen molar-refractivity contribution in [2.75, 3.05) is 0 Å². The fourth-order valence-corrected chi connectivity index (χ4v) is 9.55. The summed E-state index contributed by atoms with van der Waals surface area (Å²) in [6.07, 6.45) is 6.55. The highest BCUT2D eigenvalue weighted by molar-refractivity contribution is 6.13. The molecular formula is C45H39N5. The molecular weight excluding hydrogens is 611 g/mol. The zero-order chi connectivity index (χ0) is 33.8. The standard InChI is InChI=1S/C45H39N5/c1-29-21-32-22-30(2)26-45(25-29,27-32)35-19-20-37-38-17-10-18-39(41(38)50(40(37)24-35)36-15-7-4-8-16-36)44-48-42(33-12-5-3-6-13-33)47-43(49-44)34-14-9-11-31(23-34)28-46/h3-20,23-24,29-30,32H,21-22,25-27H2,1-2H3/t29-,30+,32-,45?. The van der Waals surface area contributed by atoms with Crippen LogP contribution >= 0.6 is 0 Å². The Morgan fingerprint density at radius 2 is 1.30 bits per heavy atom. The van der Waals surface area contributed by atoms with Gasteiger partial charge in [-0.2, -0.15) is 5.26 Å². The van der Waals surface area contributed by atoms with E-state index in [1.165, 1.54) is 54.0 Å². The summed E-state index contributed by atoms with van der Waals surface area (Å²) in [7, 11) is 0. The Hall–Kier alpha value is -5.60. The lowest BCUT2D eigenvalue weighted by Gasteiger charge is -2.50. The van der Waals surface area contributed by atoms with Gasteiger partial charge in [-0.05, 0) is 97.2 Å². The van der Waals surface area contributed by atoms with Crippen molar-refractivity contribution >= 4 is 21.8 Å². The lowest BCUT2D eigenvalue weighted by atomic mass is 9.54. The number of aromatic nitrogens is 4. The first kappa shape index (κ1) is 30.5. The summed E-state index contributed by atoms with van der Waals surface area (Å²) in [5, 5.41) is 12.1. The van der Waals surface area contributed by atoms with Crippen LogP contribution in [0.4, 0.5) is 0 Å². The summed E-state index contributed by atoms with van der Waals surface area (Å²) in [4.78, 5) is 15.2. The van der Waals surface area contributed by atoms with Crippen LogP contribution in [0.5, 0.6) is 0 Å². The highest BCUT2D eigenvalue weighted by Gasteiger charge is 2.45. The summed E-state index contributed by atoms with van der Waals surface area (Å²) < 4.78 is 2.43. The Balaban J connectivity index is 1.31. The SMILES string of the molecule is C[C@@H]1C[C@@H]2C[C@H](C)CC(c3ccc4c5cccc(-c6nc(-c7ccccc7)nc(-c7cccc(C#N)c7)n6)c5n(-c5ccccc5)c4c3)(C1)C2. The lowest BCUT2D eigenvalue weighted by molar-refractivity contribution is 0.0781. The molecule has 50 heavy (non-hydrogen) atoms. The maximum Gasteiger partial charge on any atom is 0.166 e. The van der Waals surface area contributed by atoms with Gasteiger partial charge in [0.25, 0.3) is 0 Å². The number of nitrogens with zero attached hydrogens (tertiary/aromatic N) is 5. The maximum atomic E-state index is 9.67. The van der Waals surface area contributed by atoms with Gasteiger partial charge < -0.3 is 4.57 Å². The third-order valence-electron chi connectivity index (χ3n) is 11.2. The number of nitriles is 1. The molecule has 0 spiro atoms. The van der Waals surface area contributed by atoms with Gasteiger partial charge in [0.05, 0.1) is 22.7 Å². The Morgan fingerprint density at radius 1 is 0.640 bits per heavy atom. The molecule has 2 saturated carbocycles. The molecule has 5 nitrogen and oxygen atoms in total. The first-order chi connectivity index (χ1) is 24.5. The van der Waals surface area contributed by atoms with Crippen molar-refractivity contribution < 1.29 is 0 Å². The van der Waals surface area contributed by atoms with Crippen LogP contribution in [-0.2, 0) is 5.41 Å². The number of benzene rings is 5. The first-order valence-corrected chi connectivity index (χ1v) is 17.9. The van der Waals surface area contributed by atoms with Gasteiger partial charge in [-0.15, -0.1) is 0 Å². The second kappa shape index (κ2) is 12.1. The van der Waals surface area contributed by atoms with E-state index in [9.17, 15) is 5.26 Å². The largest absolute Gasteiger partial charge is 0.308 e. The summed E-state index contributed by atoms with van der Waals surface area (Å²) in [5.74, 6) is 4.05. The minimum absolute atomic E-state index is 0.223. The van der Waals surface area contributed by atoms with E-state index in [2.05, 4.69) is 91.2 Å². The minimum Gasteiger partial charge on any atom is -0.308 e. The van der Waals surface area contributed by atoms with Crippen LogP contribution in [0.1, 0.15) is 57.1 Å². The quantitative estimate of drug-likeness (QED) is 0.186. The van der Waals surface area contributed by atoms with Crippen molar-refractivity contribution in [1.29, 1.82) is 5.26 Å². The average molecular weight is 650 g/mol. The average Bonchev–Trinajstić information content (AvgIpc) is 3.49. The van der Waals surface area contributed by atoms with E-state index < -0.39 is 0 Å². The van der Waals surface area contributed by atoms with Crippen LogP contribution in [-0.4, -0.2) is 19.5 Å². The highest BCUT2D eigenvalue weighted by Crippen LogP contribution is 2.54. The van der Waals surface area contributed by atoms with E-state index >= 15 is 0 Å². The van der Waals surface area contributed by atoms with Gasteiger partial charge in [-0.3, -0.25) is 0 Å². The predicted molar refractivity (Wildman–Crippen MR) is 202 cm³/mol. The fourth-order valence-electron chi connectivity index (χ4n) is 9.55. The zero-order valence-corrected chi connectivity index (χ0v) is 28.6. The minimum atomic E-state index is 0.223. The van der Waals surface area contributed by atoms with Crippen molar-refractivity contribution in [2.45, 2.75) is 51.4 Å². The predicted octanol–water partition coefficient (Wildman–Crippen LogP) is 10.9. The number of hydrogen-bond donors (Lipinski definition) is 0. The third kappa shape index (κ3) is 5.18. The molecule has 1 unspecified atom stereocenters. The van der Waals surface area contributed by atoms with Gasteiger partial charge in [-0.1, -0.05) is 98.8 Å². The topological polar surface area (TPSA) is 67.4 Å². The van der Waals surface area contributed by atoms with Crippen molar-refractivity contribution in [3.8, 4) is 45.9 Å². The number of rotatable bonds is 5. The third-order valence-corrected chi connectivity index (χ3v) is 11.2. The molecule has 2 aliphatic rings. The molecule has 244 valence electrons. The van der Waals surface area contributed by atoms with Gasteiger partial charge >= 0.3 is 0 Å². The molecule has 2 heterocycles. The van der Waals surface area contributed by atoms with E-state index in [4.69, 9.17) is 15.0 Å². The van der Waals surface area contributed by atoms with Crippen LogP contribution in [0.3, 0.4) is 0 Å². The summed E-state index contributed by atoms with van der Waals surface area (Å²) in [5.41, 5.74) is 8.33. The van der Waals surface area contributed by atoms with Gasteiger partial charge in [0.15, 0.2) is 17.5 Å². The van der Waals surface area contributed by atoms with Gasteiger partial charge in [0.1, 0.15) is 0 Å². The second-order valence-electron chi connectivity index (χ2n) is 14.9. The molecule has 2 aliphatic carbocycles. The van der Waals surface area contributed by atoms with Crippen LogP contribution in [0, 0.1) is 29.1 Å². The van der Waals surface area contributed by atoms with Crippen molar-refractivity contribution in [3.63, 3.8) is 0 Å². The second-order valence-corrected chi connectivity index (χ2v) is 14.9. The first-order valence-electron chi connectivity index (χ1n) is 17.9. The molecule has 5 heteroatoms. The van der Waals surface area contributed by atoms with Crippen LogP contribution in [0.15, 0.2) is 121 Å². The molecule has 2 bridgehead atoms. The number of fused-ring (bicyclic) bond motifs is 5.